The van der Waals surface area contributed by atoms with E-state index in [1.54, 1.807) is 4.31 Å². The monoisotopic (exact) mass is 280 g/mol. The van der Waals surface area contributed by atoms with Crippen molar-refractivity contribution in [2.24, 2.45) is 5.92 Å². The molecule has 17 heavy (non-hydrogen) atoms. The van der Waals surface area contributed by atoms with Crippen LogP contribution in [0.2, 0.25) is 0 Å². The summed E-state index contributed by atoms with van der Waals surface area (Å²) in [6.45, 7) is 6.33. The largest absolute Gasteiger partial charge is 0.301 e. The maximum atomic E-state index is 11.3. The van der Waals surface area contributed by atoms with Gasteiger partial charge in [-0.1, -0.05) is 6.92 Å². The number of hydrogen-bond donors (Lipinski definition) is 1. The Balaban J connectivity index is 2.24. The van der Waals surface area contributed by atoms with Crippen molar-refractivity contribution in [2.75, 3.05) is 44.7 Å². The summed E-state index contributed by atoms with van der Waals surface area (Å²) in [5, 5.41) is 0. The average molecular weight is 280 g/mol. The molecule has 1 rings (SSSR count). The highest BCUT2D eigenvalue weighted by molar-refractivity contribution is 7.88. The van der Waals surface area contributed by atoms with Crippen molar-refractivity contribution >= 4 is 22.7 Å². The number of piperazine rings is 1. The maximum Gasteiger partial charge on any atom is 0.211 e. The van der Waals surface area contributed by atoms with Gasteiger partial charge in [0.25, 0.3) is 0 Å². The van der Waals surface area contributed by atoms with E-state index in [2.05, 4.69) is 24.5 Å². The molecule has 102 valence electrons. The molecule has 0 amide bonds. The lowest BCUT2D eigenvalue weighted by molar-refractivity contribution is 0.179. The van der Waals surface area contributed by atoms with Crippen LogP contribution in [0.5, 0.6) is 0 Å². The third-order valence-corrected chi connectivity index (χ3v) is 4.92. The minimum absolute atomic E-state index is 0.639. The second-order valence-corrected chi connectivity index (χ2v) is 7.34. The molecule has 1 fully saturated rings. The second kappa shape index (κ2) is 6.97. The molecular weight excluding hydrogens is 256 g/mol. The standard InChI is InChI=1S/C11H24N2O2S2/c1-11(4-10-16)3-5-12-6-8-13(9-7-12)17(2,14)15/h11,16H,3-10H2,1-2H3. The molecule has 0 saturated carbocycles. The number of nitrogens with zero attached hydrogens (tertiary/aromatic N) is 2. The van der Waals surface area contributed by atoms with Crippen LogP contribution in [0.4, 0.5) is 0 Å². The summed E-state index contributed by atoms with van der Waals surface area (Å²) in [4.78, 5) is 2.36. The van der Waals surface area contributed by atoms with Gasteiger partial charge in [0.2, 0.25) is 10.0 Å². The van der Waals surface area contributed by atoms with E-state index in [4.69, 9.17) is 0 Å². The lowest BCUT2D eigenvalue weighted by Gasteiger charge is -2.33. The van der Waals surface area contributed by atoms with E-state index < -0.39 is 10.0 Å². The van der Waals surface area contributed by atoms with E-state index in [1.165, 1.54) is 12.7 Å². The third-order valence-electron chi connectivity index (χ3n) is 3.36. The highest BCUT2D eigenvalue weighted by atomic mass is 32.2. The van der Waals surface area contributed by atoms with Crippen LogP contribution in [0, 0.1) is 5.92 Å². The Bertz CT molecular complexity index is 311. The Hall–Kier alpha value is 0.220. The van der Waals surface area contributed by atoms with Crippen LogP contribution in [0.3, 0.4) is 0 Å². The molecule has 0 spiro atoms. The molecule has 0 aliphatic carbocycles. The highest BCUT2D eigenvalue weighted by Crippen LogP contribution is 2.11. The molecule has 0 bridgehead atoms. The van der Waals surface area contributed by atoms with E-state index in [1.807, 2.05) is 0 Å². The van der Waals surface area contributed by atoms with Gasteiger partial charge >= 0.3 is 0 Å². The fourth-order valence-electron chi connectivity index (χ4n) is 2.05. The van der Waals surface area contributed by atoms with Crippen LogP contribution < -0.4 is 0 Å². The predicted molar refractivity (Wildman–Crippen MR) is 75.1 cm³/mol. The summed E-state index contributed by atoms with van der Waals surface area (Å²) in [6, 6.07) is 0. The lowest BCUT2D eigenvalue weighted by atomic mass is 10.0. The minimum atomic E-state index is -2.99. The van der Waals surface area contributed by atoms with Gasteiger partial charge in [0.15, 0.2) is 0 Å². The van der Waals surface area contributed by atoms with Crippen LogP contribution in [-0.2, 0) is 10.0 Å². The van der Waals surface area contributed by atoms with Gasteiger partial charge in [-0.3, -0.25) is 0 Å². The second-order valence-electron chi connectivity index (χ2n) is 4.91. The van der Waals surface area contributed by atoms with Gasteiger partial charge in [-0.15, -0.1) is 0 Å². The van der Waals surface area contributed by atoms with Gasteiger partial charge in [0.1, 0.15) is 0 Å². The summed E-state index contributed by atoms with van der Waals surface area (Å²) in [5.41, 5.74) is 0. The van der Waals surface area contributed by atoms with Crippen LogP contribution in [-0.4, -0.2) is 62.4 Å². The van der Waals surface area contributed by atoms with Gasteiger partial charge in [0, 0.05) is 26.2 Å². The zero-order valence-electron chi connectivity index (χ0n) is 10.8. The Morgan fingerprint density at radius 2 is 1.76 bits per heavy atom. The number of thiol groups is 1. The van der Waals surface area contributed by atoms with Crippen LogP contribution in [0.15, 0.2) is 0 Å². The fourth-order valence-corrected chi connectivity index (χ4v) is 3.32. The quantitative estimate of drug-likeness (QED) is 0.735. The normalized spacial score (nSPS) is 21.6. The SMILES string of the molecule is CC(CCS)CCN1CCN(S(C)(=O)=O)CC1. The summed E-state index contributed by atoms with van der Waals surface area (Å²) in [5.74, 6) is 1.66. The molecular formula is C11H24N2O2S2. The molecule has 1 atom stereocenters. The van der Waals surface area contributed by atoms with E-state index >= 15 is 0 Å². The fraction of sp³-hybridized carbons (Fsp3) is 1.00. The zero-order chi connectivity index (χ0) is 12.9. The van der Waals surface area contributed by atoms with E-state index in [-0.39, 0.29) is 0 Å². The molecule has 1 saturated heterocycles. The summed E-state index contributed by atoms with van der Waals surface area (Å²) in [7, 11) is -2.99. The Morgan fingerprint density at radius 1 is 1.18 bits per heavy atom. The van der Waals surface area contributed by atoms with Crippen molar-refractivity contribution in [3.05, 3.63) is 0 Å². The molecule has 4 nitrogen and oxygen atoms in total. The molecule has 0 aromatic rings. The van der Waals surface area contributed by atoms with Gasteiger partial charge < -0.3 is 4.90 Å². The van der Waals surface area contributed by atoms with E-state index in [0.717, 1.165) is 31.8 Å². The van der Waals surface area contributed by atoms with Gasteiger partial charge in [-0.05, 0) is 31.1 Å². The molecule has 0 aromatic heterocycles. The van der Waals surface area contributed by atoms with E-state index in [0.29, 0.717) is 19.0 Å². The Labute approximate surface area is 111 Å². The van der Waals surface area contributed by atoms with E-state index in [9.17, 15) is 8.42 Å². The van der Waals surface area contributed by atoms with Crippen molar-refractivity contribution in [2.45, 2.75) is 19.8 Å². The van der Waals surface area contributed by atoms with Crippen molar-refractivity contribution in [3.63, 3.8) is 0 Å². The van der Waals surface area contributed by atoms with Crippen LogP contribution >= 0.6 is 12.6 Å². The number of sulfonamides is 1. The van der Waals surface area contributed by atoms with Gasteiger partial charge in [0.05, 0.1) is 6.26 Å². The smallest absolute Gasteiger partial charge is 0.211 e. The highest BCUT2D eigenvalue weighted by Gasteiger charge is 2.23. The minimum Gasteiger partial charge on any atom is -0.301 e. The van der Waals surface area contributed by atoms with Crippen LogP contribution in [0.25, 0.3) is 0 Å². The molecule has 0 aromatic carbocycles. The summed E-state index contributed by atoms with van der Waals surface area (Å²) in [6.07, 6.45) is 3.63. The molecule has 0 N–H and O–H groups in total. The van der Waals surface area contributed by atoms with Crippen LogP contribution in [0.1, 0.15) is 19.8 Å². The Morgan fingerprint density at radius 3 is 2.24 bits per heavy atom. The average Bonchev–Trinajstić information content (AvgIpc) is 2.26. The molecule has 1 aliphatic rings. The predicted octanol–water partition coefficient (Wildman–Crippen LogP) is 0.910. The molecule has 1 unspecified atom stereocenters. The van der Waals surface area contributed by atoms with Gasteiger partial charge in [-0.2, -0.15) is 16.9 Å². The third kappa shape index (κ3) is 5.59. The van der Waals surface area contributed by atoms with Crippen molar-refractivity contribution in [1.82, 2.24) is 9.21 Å². The number of hydrogen-bond acceptors (Lipinski definition) is 4. The zero-order valence-corrected chi connectivity index (χ0v) is 12.5. The van der Waals surface area contributed by atoms with Crippen molar-refractivity contribution < 1.29 is 8.42 Å². The first kappa shape index (κ1) is 15.3. The first-order valence-corrected chi connectivity index (χ1v) is 8.70. The first-order valence-electron chi connectivity index (χ1n) is 6.22. The summed E-state index contributed by atoms with van der Waals surface area (Å²) < 4.78 is 24.3. The first-order chi connectivity index (χ1) is 7.93. The number of rotatable bonds is 6. The maximum absolute atomic E-state index is 11.3. The Kier molecular flexibility index (Phi) is 6.26. The molecule has 6 heteroatoms. The molecule has 1 heterocycles. The molecule has 0 radical (unpaired) electrons. The van der Waals surface area contributed by atoms with Crippen molar-refractivity contribution in [3.8, 4) is 0 Å². The molecule has 1 aliphatic heterocycles. The van der Waals surface area contributed by atoms with Gasteiger partial charge in [-0.25, -0.2) is 8.42 Å². The van der Waals surface area contributed by atoms with Crippen molar-refractivity contribution in [1.29, 1.82) is 0 Å². The topological polar surface area (TPSA) is 40.6 Å². The summed E-state index contributed by atoms with van der Waals surface area (Å²) >= 11 is 4.24. The lowest BCUT2D eigenvalue weighted by Crippen LogP contribution is -2.48.